The molecule has 0 radical (unpaired) electrons. The normalized spacial score (nSPS) is 20.4. The summed E-state index contributed by atoms with van der Waals surface area (Å²) in [6.07, 6.45) is 8.86. The second kappa shape index (κ2) is 17.5. The highest BCUT2D eigenvalue weighted by Gasteiger charge is 2.38. The summed E-state index contributed by atoms with van der Waals surface area (Å²) in [5.41, 5.74) is 21.0. The van der Waals surface area contributed by atoms with Crippen molar-refractivity contribution in [3.05, 3.63) is 67.8 Å². The number of ether oxygens (including phenoxy) is 1. The number of nitrogens with one attached hydrogen (secondary N) is 6. The molecule has 3 aliphatic heterocycles. The zero-order chi connectivity index (χ0) is 39.3. The van der Waals surface area contributed by atoms with Gasteiger partial charge in [0.1, 0.15) is 0 Å². The standard InChI is InChI=1S/C41H58N8O5/c1-8-26-21(2)29-20-34-37(25(6)50)23(4)31(47-34)18-30-22(3)27(11-12-35(51)44-15-9-13-42)39(48-30)28(17-36(52)54-7)40-38(41(53)45-16-10-14-43)24(5)32(49-40)19-33(26)46-29/h18-22,26-27,46-49H,8-17,42-43H2,1-7H3,(H,44,51)(H,45,53)/t21-,22+,26-,27+/m1/s1. The van der Waals surface area contributed by atoms with E-state index in [1.807, 2.05) is 26.0 Å². The van der Waals surface area contributed by atoms with Gasteiger partial charge in [-0.1, -0.05) is 20.8 Å². The van der Waals surface area contributed by atoms with E-state index >= 15 is 0 Å². The molecule has 10 N–H and O–H groups in total. The zero-order valence-corrected chi connectivity index (χ0v) is 32.8. The predicted molar refractivity (Wildman–Crippen MR) is 212 cm³/mol. The number of fused-ring (bicyclic) bond motifs is 8. The van der Waals surface area contributed by atoms with E-state index in [1.165, 1.54) is 7.11 Å². The number of aromatic amines is 2. The Hall–Kier alpha value is -4.88. The number of hydrogen-bond donors (Lipinski definition) is 8. The minimum Gasteiger partial charge on any atom is -0.469 e. The quantitative estimate of drug-likeness (QED) is 0.0771. The number of aromatic nitrogens is 2. The molecule has 2 amide bonds. The van der Waals surface area contributed by atoms with E-state index in [0.717, 1.165) is 57.4 Å². The predicted octanol–water partition coefficient (Wildman–Crippen LogP) is 4.62. The second-order valence-electron chi connectivity index (χ2n) is 14.7. The molecule has 0 unspecified atom stereocenters. The van der Waals surface area contributed by atoms with Crippen LogP contribution in [-0.2, 0) is 14.3 Å². The van der Waals surface area contributed by atoms with Crippen LogP contribution in [0.2, 0.25) is 0 Å². The first-order valence-electron chi connectivity index (χ1n) is 19.2. The van der Waals surface area contributed by atoms with Crippen molar-refractivity contribution in [3.8, 4) is 0 Å². The Bertz CT molecular complexity index is 1910. The van der Waals surface area contributed by atoms with Crippen LogP contribution < -0.4 is 32.7 Å². The summed E-state index contributed by atoms with van der Waals surface area (Å²) < 4.78 is 5.24. The minimum atomic E-state index is -0.471. The number of carbonyl (C=O) groups excluding carboxylic acids is 4. The Morgan fingerprint density at radius 2 is 1.39 bits per heavy atom. The lowest BCUT2D eigenvalue weighted by Crippen LogP contribution is -2.28. The smallest absolute Gasteiger partial charge is 0.310 e. The second-order valence-corrected chi connectivity index (χ2v) is 14.7. The molecule has 54 heavy (non-hydrogen) atoms. The molecule has 3 aliphatic rings. The van der Waals surface area contributed by atoms with Gasteiger partial charge in [-0.25, -0.2) is 0 Å². The third-order valence-electron chi connectivity index (χ3n) is 11.3. The first-order valence-corrected chi connectivity index (χ1v) is 19.2. The first-order chi connectivity index (χ1) is 25.8. The van der Waals surface area contributed by atoms with Gasteiger partial charge < -0.3 is 47.4 Å². The maximum Gasteiger partial charge on any atom is 0.310 e. The van der Waals surface area contributed by atoms with Crippen LogP contribution in [0.5, 0.6) is 0 Å². The number of H-pyrrole nitrogens is 2. The lowest BCUT2D eigenvalue weighted by molar-refractivity contribution is -0.139. The highest BCUT2D eigenvalue weighted by molar-refractivity contribution is 6.03. The Balaban J connectivity index is 1.81. The van der Waals surface area contributed by atoms with Crippen LogP contribution in [0.1, 0.15) is 121 Å². The molecule has 13 heteroatoms. The highest BCUT2D eigenvalue weighted by atomic mass is 16.5. The topological polar surface area (TPSA) is 209 Å². The Kier molecular flexibility index (Phi) is 13.1. The summed E-state index contributed by atoms with van der Waals surface area (Å²) in [6, 6.07) is 0. The highest BCUT2D eigenvalue weighted by Crippen LogP contribution is 2.44. The van der Waals surface area contributed by atoms with Crippen molar-refractivity contribution in [1.82, 2.24) is 31.2 Å². The van der Waals surface area contributed by atoms with Gasteiger partial charge >= 0.3 is 5.97 Å². The summed E-state index contributed by atoms with van der Waals surface area (Å²) in [4.78, 5) is 60.7. The molecule has 2 aromatic heterocycles. The maximum atomic E-state index is 14.1. The molecule has 0 aliphatic carbocycles. The summed E-state index contributed by atoms with van der Waals surface area (Å²) in [7, 11) is 1.35. The zero-order valence-electron chi connectivity index (χ0n) is 32.8. The number of rotatable bonds is 14. The number of nitrogens with two attached hydrogens (primary N) is 2. The fourth-order valence-electron chi connectivity index (χ4n) is 8.14. The number of allylic oxidation sites excluding steroid dienone is 4. The van der Waals surface area contributed by atoms with E-state index < -0.39 is 5.97 Å². The van der Waals surface area contributed by atoms with Crippen molar-refractivity contribution in [2.45, 2.75) is 80.1 Å². The minimum absolute atomic E-state index is 0.0370. The Morgan fingerprint density at radius 1 is 0.796 bits per heavy atom. The van der Waals surface area contributed by atoms with Gasteiger partial charge in [0.25, 0.3) is 5.91 Å². The monoisotopic (exact) mass is 742 g/mol. The molecular weight excluding hydrogens is 685 g/mol. The Morgan fingerprint density at radius 3 is 2.04 bits per heavy atom. The van der Waals surface area contributed by atoms with Crippen LogP contribution in [0.4, 0.5) is 0 Å². The number of methoxy groups -OCH3 is 1. The van der Waals surface area contributed by atoms with Crippen LogP contribution in [-0.4, -0.2) is 66.8 Å². The third-order valence-corrected chi connectivity index (χ3v) is 11.3. The lowest BCUT2D eigenvalue weighted by Gasteiger charge is -2.20. The molecule has 13 nitrogen and oxygen atoms in total. The molecule has 292 valence electrons. The fraction of sp³-hybridized carbons (Fsp3) is 0.512. The van der Waals surface area contributed by atoms with E-state index in [2.05, 4.69) is 58.1 Å². The number of hydrogen-bond acceptors (Lipinski definition) is 9. The molecule has 2 saturated heterocycles. The molecule has 2 aromatic rings. The summed E-state index contributed by atoms with van der Waals surface area (Å²) in [5.74, 6) is -0.973. The number of amides is 2. The number of carbonyl (C=O) groups is 4. The van der Waals surface area contributed by atoms with Crippen molar-refractivity contribution < 1.29 is 23.9 Å². The van der Waals surface area contributed by atoms with Gasteiger partial charge in [-0.15, -0.1) is 0 Å². The van der Waals surface area contributed by atoms with Gasteiger partial charge in [0, 0.05) is 88.5 Å². The van der Waals surface area contributed by atoms with Gasteiger partial charge in [0.2, 0.25) is 5.91 Å². The van der Waals surface area contributed by atoms with Crippen molar-refractivity contribution in [2.24, 2.45) is 35.1 Å². The van der Waals surface area contributed by atoms with E-state index in [0.29, 0.717) is 67.8 Å². The van der Waals surface area contributed by atoms with E-state index in [9.17, 15) is 19.2 Å². The average molecular weight is 743 g/mol. The molecule has 0 saturated carbocycles. The van der Waals surface area contributed by atoms with Gasteiger partial charge in [-0.3, -0.25) is 19.2 Å². The largest absolute Gasteiger partial charge is 0.469 e. The number of esters is 1. The summed E-state index contributed by atoms with van der Waals surface area (Å²) in [6.45, 7) is 13.7. The maximum absolute atomic E-state index is 14.1. The number of Topliss-reactive ketones (excluding diaryl/α,β-unsaturated/α-hetero) is 1. The van der Waals surface area contributed by atoms with Gasteiger partial charge in [0.15, 0.2) is 5.78 Å². The molecule has 0 aromatic carbocycles. The molecule has 5 heterocycles. The molecule has 4 atom stereocenters. The molecule has 0 spiro atoms. The van der Waals surface area contributed by atoms with Gasteiger partial charge in [0.05, 0.1) is 30.5 Å². The molecule has 8 bridgehead atoms. The van der Waals surface area contributed by atoms with Crippen LogP contribution in [0.25, 0.3) is 23.8 Å². The van der Waals surface area contributed by atoms with Crippen molar-refractivity contribution in [2.75, 3.05) is 33.3 Å². The van der Waals surface area contributed by atoms with Crippen LogP contribution >= 0.6 is 0 Å². The van der Waals surface area contributed by atoms with Crippen LogP contribution in [0, 0.1) is 37.5 Å². The van der Waals surface area contributed by atoms with Crippen LogP contribution in [0.3, 0.4) is 0 Å². The summed E-state index contributed by atoms with van der Waals surface area (Å²) >= 11 is 0. The van der Waals surface area contributed by atoms with E-state index in [1.54, 1.807) is 6.92 Å². The molecular formula is C41H58N8O5. The lowest BCUT2D eigenvalue weighted by atomic mass is 9.85. The van der Waals surface area contributed by atoms with E-state index in [-0.39, 0.29) is 54.1 Å². The van der Waals surface area contributed by atoms with Crippen molar-refractivity contribution in [3.63, 3.8) is 0 Å². The third kappa shape index (κ3) is 8.27. The Labute approximate surface area is 318 Å². The fourth-order valence-corrected chi connectivity index (χ4v) is 8.14. The summed E-state index contributed by atoms with van der Waals surface area (Å²) in [5, 5.41) is 13.3. The van der Waals surface area contributed by atoms with Gasteiger partial charge in [-0.2, -0.15) is 0 Å². The van der Waals surface area contributed by atoms with E-state index in [4.69, 9.17) is 16.2 Å². The molecule has 2 fully saturated rings. The molecule has 5 rings (SSSR count). The SMILES string of the molecule is CC[C@H]1C2=Cc3[nH]c(c(C(=O)NCCCN)c3C)C(CC(=O)OC)=C3NC(=Cc4[nH]c(c(C(C)=O)c4C)C=C(N2)[C@@H]1C)[C@@H](C)[C@@H]3CCC(=O)NCCCN. The van der Waals surface area contributed by atoms with Crippen LogP contribution in [0.15, 0.2) is 22.8 Å². The average Bonchev–Trinajstić information content (AvgIpc) is 3.82. The van der Waals surface area contributed by atoms with Crippen molar-refractivity contribution >= 4 is 47.4 Å². The first kappa shape index (κ1) is 40.3. The van der Waals surface area contributed by atoms with Crippen molar-refractivity contribution in [1.29, 1.82) is 0 Å². The number of ketones is 1. The van der Waals surface area contributed by atoms with Gasteiger partial charge in [-0.05, 0) is 88.9 Å².